The van der Waals surface area contributed by atoms with Crippen LogP contribution in [0, 0.1) is 13.8 Å². The van der Waals surface area contributed by atoms with E-state index in [0.29, 0.717) is 23.4 Å². The Hall–Kier alpha value is -0.840. The third-order valence-electron chi connectivity index (χ3n) is 2.35. The highest BCUT2D eigenvalue weighted by Crippen LogP contribution is 2.16. The molecule has 0 aliphatic heterocycles. The zero-order chi connectivity index (χ0) is 11.5. The molecule has 4 nitrogen and oxygen atoms in total. The van der Waals surface area contributed by atoms with Crippen molar-refractivity contribution < 1.29 is 12.9 Å². The second-order valence-corrected chi connectivity index (χ2v) is 5.93. The molecular formula is C10H17NO3S. The van der Waals surface area contributed by atoms with Gasteiger partial charge in [0.1, 0.15) is 5.76 Å². The molecule has 0 fully saturated rings. The summed E-state index contributed by atoms with van der Waals surface area (Å²) in [4.78, 5) is 0. The van der Waals surface area contributed by atoms with Crippen LogP contribution >= 0.6 is 0 Å². The first-order valence-corrected chi connectivity index (χ1v) is 6.90. The zero-order valence-electron chi connectivity index (χ0n) is 9.41. The van der Waals surface area contributed by atoms with E-state index in [0.717, 1.165) is 6.42 Å². The number of nitrogens with zero attached hydrogens (tertiary/aromatic N) is 1. The van der Waals surface area contributed by atoms with Crippen molar-refractivity contribution in [1.29, 1.82) is 0 Å². The summed E-state index contributed by atoms with van der Waals surface area (Å²) in [5.74, 6) is 0.898. The molecule has 0 saturated heterocycles. The van der Waals surface area contributed by atoms with Crippen LogP contribution in [0.15, 0.2) is 4.52 Å². The van der Waals surface area contributed by atoms with Crippen molar-refractivity contribution in [2.24, 2.45) is 0 Å². The number of hydrogen-bond acceptors (Lipinski definition) is 4. The molecule has 86 valence electrons. The SMILES string of the molecule is CCCCS(=O)(=O)Cc1c(C)noc1C. The van der Waals surface area contributed by atoms with E-state index in [1.54, 1.807) is 13.8 Å². The molecule has 0 saturated carbocycles. The number of hydrogen-bond donors (Lipinski definition) is 0. The van der Waals surface area contributed by atoms with E-state index in [4.69, 9.17) is 4.52 Å². The molecule has 0 spiro atoms. The Morgan fingerprint density at radius 1 is 1.33 bits per heavy atom. The summed E-state index contributed by atoms with van der Waals surface area (Å²) in [6.07, 6.45) is 1.60. The molecule has 1 heterocycles. The predicted octanol–water partition coefficient (Wildman–Crippen LogP) is 2.01. The number of sulfone groups is 1. The largest absolute Gasteiger partial charge is 0.361 e. The summed E-state index contributed by atoms with van der Waals surface area (Å²) in [5, 5.41) is 3.74. The van der Waals surface area contributed by atoms with E-state index < -0.39 is 9.84 Å². The minimum absolute atomic E-state index is 0.0498. The highest BCUT2D eigenvalue weighted by molar-refractivity contribution is 7.90. The molecular weight excluding hydrogens is 214 g/mol. The fraction of sp³-hybridized carbons (Fsp3) is 0.700. The minimum atomic E-state index is -3.01. The maximum absolute atomic E-state index is 11.7. The highest BCUT2D eigenvalue weighted by Gasteiger charge is 2.17. The summed E-state index contributed by atoms with van der Waals surface area (Å²) in [6.45, 7) is 5.48. The van der Waals surface area contributed by atoms with E-state index in [-0.39, 0.29) is 11.5 Å². The van der Waals surface area contributed by atoms with Crippen LogP contribution in [0.5, 0.6) is 0 Å². The lowest BCUT2D eigenvalue weighted by Crippen LogP contribution is -2.10. The molecule has 1 aromatic rings. The fourth-order valence-electron chi connectivity index (χ4n) is 1.36. The Balaban J connectivity index is 2.77. The quantitative estimate of drug-likeness (QED) is 0.777. The van der Waals surface area contributed by atoms with Crippen molar-refractivity contribution in [1.82, 2.24) is 5.16 Å². The molecule has 0 atom stereocenters. The Morgan fingerprint density at radius 2 is 2.00 bits per heavy atom. The van der Waals surface area contributed by atoms with Crippen LogP contribution in [0.25, 0.3) is 0 Å². The van der Waals surface area contributed by atoms with Gasteiger partial charge in [-0.15, -0.1) is 0 Å². The lowest BCUT2D eigenvalue weighted by molar-refractivity contribution is 0.392. The second-order valence-electron chi connectivity index (χ2n) is 3.75. The van der Waals surface area contributed by atoms with Crippen LogP contribution in [0.2, 0.25) is 0 Å². The molecule has 1 aromatic heterocycles. The molecule has 0 aliphatic carbocycles. The van der Waals surface area contributed by atoms with Gasteiger partial charge in [0.05, 0.1) is 17.2 Å². The van der Waals surface area contributed by atoms with E-state index >= 15 is 0 Å². The first kappa shape index (κ1) is 12.2. The highest BCUT2D eigenvalue weighted by atomic mass is 32.2. The standard InChI is InChI=1S/C10H17NO3S/c1-4-5-6-15(12,13)7-10-8(2)11-14-9(10)3/h4-7H2,1-3H3. The van der Waals surface area contributed by atoms with Crippen LogP contribution in [-0.4, -0.2) is 19.3 Å². The second kappa shape index (κ2) is 4.79. The number of aromatic nitrogens is 1. The monoisotopic (exact) mass is 231 g/mol. The number of aryl methyl sites for hydroxylation is 2. The van der Waals surface area contributed by atoms with Gasteiger partial charge < -0.3 is 4.52 Å². The first-order chi connectivity index (χ1) is 6.96. The average Bonchev–Trinajstić information content (AvgIpc) is 2.46. The summed E-state index contributed by atoms with van der Waals surface area (Å²) in [7, 11) is -3.01. The van der Waals surface area contributed by atoms with Gasteiger partial charge in [-0.25, -0.2) is 8.42 Å². The normalized spacial score (nSPS) is 11.9. The van der Waals surface area contributed by atoms with E-state index in [2.05, 4.69) is 5.16 Å². The van der Waals surface area contributed by atoms with Crippen molar-refractivity contribution in [3.8, 4) is 0 Å². The van der Waals surface area contributed by atoms with Gasteiger partial charge in [-0.05, 0) is 20.3 Å². The fourth-order valence-corrected chi connectivity index (χ4v) is 3.09. The Bertz CT molecular complexity index is 400. The van der Waals surface area contributed by atoms with Gasteiger partial charge in [0.15, 0.2) is 9.84 Å². The molecule has 5 heteroatoms. The van der Waals surface area contributed by atoms with Crippen molar-refractivity contribution in [3.05, 3.63) is 17.0 Å². The predicted molar refractivity (Wildman–Crippen MR) is 58.4 cm³/mol. The van der Waals surface area contributed by atoms with Crippen molar-refractivity contribution in [3.63, 3.8) is 0 Å². The molecule has 0 amide bonds. The van der Waals surface area contributed by atoms with Crippen LogP contribution in [0.3, 0.4) is 0 Å². The van der Waals surface area contributed by atoms with Gasteiger partial charge in [0.25, 0.3) is 0 Å². The Kier molecular flexibility index (Phi) is 3.90. The Morgan fingerprint density at radius 3 is 2.47 bits per heavy atom. The van der Waals surface area contributed by atoms with Crippen molar-refractivity contribution in [2.45, 2.75) is 39.4 Å². The van der Waals surface area contributed by atoms with Gasteiger partial charge in [0, 0.05) is 5.56 Å². The minimum Gasteiger partial charge on any atom is -0.361 e. The van der Waals surface area contributed by atoms with Gasteiger partial charge >= 0.3 is 0 Å². The van der Waals surface area contributed by atoms with Crippen LogP contribution in [0.4, 0.5) is 0 Å². The van der Waals surface area contributed by atoms with Gasteiger partial charge in [-0.1, -0.05) is 18.5 Å². The Labute approximate surface area is 90.6 Å². The van der Waals surface area contributed by atoms with Crippen molar-refractivity contribution in [2.75, 3.05) is 5.75 Å². The maximum Gasteiger partial charge on any atom is 0.154 e. The number of rotatable bonds is 5. The average molecular weight is 231 g/mol. The summed E-state index contributed by atoms with van der Waals surface area (Å²) < 4.78 is 28.3. The third kappa shape index (κ3) is 3.34. The topological polar surface area (TPSA) is 60.2 Å². The summed E-state index contributed by atoms with van der Waals surface area (Å²) >= 11 is 0. The lowest BCUT2D eigenvalue weighted by Gasteiger charge is -2.02. The van der Waals surface area contributed by atoms with E-state index in [1.807, 2.05) is 6.92 Å². The smallest absolute Gasteiger partial charge is 0.154 e. The molecule has 1 rings (SSSR count). The summed E-state index contributed by atoms with van der Waals surface area (Å²) in [5.41, 5.74) is 1.39. The molecule has 0 radical (unpaired) electrons. The zero-order valence-corrected chi connectivity index (χ0v) is 10.2. The van der Waals surface area contributed by atoms with Crippen molar-refractivity contribution >= 4 is 9.84 Å². The maximum atomic E-state index is 11.7. The first-order valence-electron chi connectivity index (χ1n) is 5.08. The molecule has 0 aliphatic rings. The summed E-state index contributed by atoms with van der Waals surface area (Å²) in [6, 6.07) is 0. The van der Waals surface area contributed by atoms with Crippen LogP contribution < -0.4 is 0 Å². The molecule has 0 aromatic carbocycles. The molecule has 0 bridgehead atoms. The molecule has 0 N–H and O–H groups in total. The number of unbranched alkanes of at least 4 members (excludes halogenated alkanes) is 1. The van der Waals surface area contributed by atoms with E-state index in [9.17, 15) is 8.42 Å². The van der Waals surface area contributed by atoms with Gasteiger partial charge in [0.2, 0.25) is 0 Å². The molecule has 0 unspecified atom stereocenters. The lowest BCUT2D eigenvalue weighted by atomic mass is 10.2. The van der Waals surface area contributed by atoms with Crippen LogP contribution in [0.1, 0.15) is 36.8 Å². The third-order valence-corrected chi connectivity index (χ3v) is 3.99. The van der Waals surface area contributed by atoms with Crippen LogP contribution in [-0.2, 0) is 15.6 Å². The van der Waals surface area contributed by atoms with Gasteiger partial charge in [-0.3, -0.25) is 0 Å². The van der Waals surface area contributed by atoms with Gasteiger partial charge in [-0.2, -0.15) is 0 Å². The molecule has 15 heavy (non-hydrogen) atoms. The van der Waals surface area contributed by atoms with E-state index in [1.165, 1.54) is 0 Å².